The van der Waals surface area contributed by atoms with E-state index in [9.17, 15) is 14.9 Å². The molecule has 0 amide bonds. The van der Waals surface area contributed by atoms with Crippen molar-refractivity contribution < 1.29 is 4.52 Å². The number of benzene rings is 1. The molecule has 0 aliphatic carbocycles. The Hall–Kier alpha value is -3.67. The van der Waals surface area contributed by atoms with E-state index in [2.05, 4.69) is 15.5 Å². The number of nitrogens with zero attached hydrogens (tertiary/aromatic N) is 5. The first-order chi connectivity index (χ1) is 12.4. The molecule has 0 radical (unpaired) electrons. The summed E-state index contributed by atoms with van der Waals surface area (Å²) < 4.78 is 7.35. The SMILES string of the molecule is CC(Nc1c(C#N)c(=O)n(C)c(=O)n1C)c1noc(-c2ccccc2)n1. The third-order valence-corrected chi connectivity index (χ3v) is 3.98. The van der Waals surface area contributed by atoms with Gasteiger partial charge in [0.15, 0.2) is 11.4 Å². The molecule has 132 valence electrons. The van der Waals surface area contributed by atoms with Crippen LogP contribution in [0.5, 0.6) is 0 Å². The lowest BCUT2D eigenvalue weighted by Crippen LogP contribution is -2.40. The van der Waals surface area contributed by atoms with Crippen LogP contribution in [0.3, 0.4) is 0 Å². The molecule has 2 heterocycles. The third-order valence-electron chi connectivity index (χ3n) is 3.98. The van der Waals surface area contributed by atoms with E-state index in [4.69, 9.17) is 4.52 Å². The molecule has 0 aliphatic rings. The summed E-state index contributed by atoms with van der Waals surface area (Å²) in [6.07, 6.45) is 0. The maximum absolute atomic E-state index is 12.1. The number of aromatic nitrogens is 4. The number of nitrogens with one attached hydrogen (secondary N) is 1. The molecule has 3 rings (SSSR count). The molecule has 2 aromatic heterocycles. The van der Waals surface area contributed by atoms with E-state index in [0.717, 1.165) is 10.1 Å². The van der Waals surface area contributed by atoms with Crippen molar-refractivity contribution in [3.63, 3.8) is 0 Å². The maximum atomic E-state index is 12.1. The van der Waals surface area contributed by atoms with E-state index in [1.54, 1.807) is 6.92 Å². The predicted octanol–water partition coefficient (Wildman–Crippen LogP) is 1.18. The molecule has 0 bridgehead atoms. The first-order valence-corrected chi connectivity index (χ1v) is 7.79. The Morgan fingerprint density at radius 2 is 1.88 bits per heavy atom. The number of anilines is 1. The summed E-state index contributed by atoms with van der Waals surface area (Å²) in [5.41, 5.74) is -0.587. The normalized spacial score (nSPS) is 11.8. The van der Waals surface area contributed by atoms with Gasteiger partial charge in [0.2, 0.25) is 0 Å². The quantitative estimate of drug-likeness (QED) is 0.749. The lowest BCUT2D eigenvalue weighted by atomic mass is 10.2. The zero-order chi connectivity index (χ0) is 18.8. The summed E-state index contributed by atoms with van der Waals surface area (Å²) in [5, 5.41) is 16.2. The van der Waals surface area contributed by atoms with Crippen molar-refractivity contribution in [2.24, 2.45) is 14.1 Å². The fourth-order valence-corrected chi connectivity index (χ4v) is 2.49. The lowest BCUT2D eigenvalue weighted by Gasteiger charge is -2.16. The Kier molecular flexibility index (Phi) is 4.41. The summed E-state index contributed by atoms with van der Waals surface area (Å²) >= 11 is 0. The summed E-state index contributed by atoms with van der Waals surface area (Å²) in [4.78, 5) is 28.6. The van der Waals surface area contributed by atoms with Gasteiger partial charge in [-0.3, -0.25) is 13.9 Å². The van der Waals surface area contributed by atoms with Gasteiger partial charge >= 0.3 is 5.69 Å². The highest BCUT2D eigenvalue weighted by molar-refractivity contribution is 5.53. The second-order valence-electron chi connectivity index (χ2n) is 5.73. The van der Waals surface area contributed by atoms with E-state index in [0.29, 0.717) is 11.7 Å². The molecular formula is C17H16N6O3. The Morgan fingerprint density at radius 1 is 1.19 bits per heavy atom. The van der Waals surface area contributed by atoms with E-state index in [-0.39, 0.29) is 11.4 Å². The molecule has 1 unspecified atom stereocenters. The highest BCUT2D eigenvalue weighted by Crippen LogP contribution is 2.21. The molecule has 1 N–H and O–H groups in total. The maximum Gasteiger partial charge on any atom is 0.332 e. The predicted molar refractivity (Wildman–Crippen MR) is 93.4 cm³/mol. The van der Waals surface area contributed by atoms with Crippen LogP contribution >= 0.6 is 0 Å². The van der Waals surface area contributed by atoms with Crippen LogP contribution in [-0.4, -0.2) is 19.3 Å². The van der Waals surface area contributed by atoms with Crippen LogP contribution < -0.4 is 16.6 Å². The van der Waals surface area contributed by atoms with Crippen LogP contribution in [0.2, 0.25) is 0 Å². The molecule has 0 fully saturated rings. The Labute approximate surface area is 148 Å². The smallest absolute Gasteiger partial charge is 0.332 e. The Bertz CT molecular complexity index is 1100. The van der Waals surface area contributed by atoms with E-state index in [1.807, 2.05) is 36.4 Å². The minimum absolute atomic E-state index is 0.110. The summed E-state index contributed by atoms with van der Waals surface area (Å²) in [5.74, 6) is 0.799. The molecule has 0 aliphatic heterocycles. The molecule has 1 atom stereocenters. The second-order valence-corrected chi connectivity index (χ2v) is 5.73. The summed E-state index contributed by atoms with van der Waals surface area (Å²) in [6, 6.07) is 10.6. The van der Waals surface area contributed by atoms with E-state index in [1.165, 1.54) is 18.7 Å². The molecule has 9 heteroatoms. The average Bonchev–Trinajstić information content (AvgIpc) is 3.15. The van der Waals surface area contributed by atoms with Gasteiger partial charge < -0.3 is 9.84 Å². The first kappa shape index (κ1) is 17.2. The Morgan fingerprint density at radius 3 is 2.54 bits per heavy atom. The van der Waals surface area contributed by atoms with Gasteiger partial charge in [0.25, 0.3) is 11.4 Å². The minimum atomic E-state index is -0.664. The van der Waals surface area contributed by atoms with Gasteiger partial charge in [0.1, 0.15) is 11.9 Å². The van der Waals surface area contributed by atoms with Crippen LogP contribution in [0.1, 0.15) is 24.4 Å². The van der Waals surface area contributed by atoms with Crippen LogP contribution in [0.4, 0.5) is 5.82 Å². The highest BCUT2D eigenvalue weighted by atomic mass is 16.5. The van der Waals surface area contributed by atoms with Crippen molar-refractivity contribution in [2.75, 3.05) is 5.32 Å². The largest absolute Gasteiger partial charge is 0.360 e. The van der Waals surface area contributed by atoms with Gasteiger partial charge in [-0.1, -0.05) is 23.4 Å². The minimum Gasteiger partial charge on any atom is -0.360 e. The van der Waals surface area contributed by atoms with Gasteiger partial charge in [0, 0.05) is 19.7 Å². The monoisotopic (exact) mass is 352 g/mol. The zero-order valence-corrected chi connectivity index (χ0v) is 14.4. The number of nitriles is 1. The number of hydrogen-bond donors (Lipinski definition) is 1. The topological polar surface area (TPSA) is 119 Å². The van der Waals surface area contributed by atoms with Crippen LogP contribution in [0.15, 0.2) is 44.4 Å². The van der Waals surface area contributed by atoms with Crippen molar-refractivity contribution in [1.29, 1.82) is 5.26 Å². The van der Waals surface area contributed by atoms with Crippen LogP contribution in [0.25, 0.3) is 11.5 Å². The van der Waals surface area contributed by atoms with E-state index >= 15 is 0 Å². The Balaban J connectivity index is 1.96. The van der Waals surface area contributed by atoms with Gasteiger partial charge in [0.05, 0.1) is 6.04 Å². The standard InChI is InChI=1S/C17H16N6O3/c1-10(13-20-15(26-21-13)11-7-5-4-6-8-11)19-14-12(9-18)16(24)23(3)17(25)22(14)2/h4-8,10,19H,1-3H3. The van der Waals surface area contributed by atoms with Gasteiger partial charge in [-0.05, 0) is 19.1 Å². The summed E-state index contributed by atoms with van der Waals surface area (Å²) in [6.45, 7) is 1.74. The summed E-state index contributed by atoms with van der Waals surface area (Å²) in [7, 11) is 2.80. The van der Waals surface area contributed by atoms with Gasteiger partial charge in [-0.25, -0.2) is 4.79 Å². The molecular weight excluding hydrogens is 336 g/mol. The van der Waals surface area contributed by atoms with Gasteiger partial charge in [-0.2, -0.15) is 10.2 Å². The molecule has 9 nitrogen and oxygen atoms in total. The van der Waals surface area contributed by atoms with Crippen molar-refractivity contribution in [3.8, 4) is 17.5 Å². The lowest BCUT2D eigenvalue weighted by molar-refractivity contribution is 0.419. The molecule has 0 spiro atoms. The number of hydrogen-bond acceptors (Lipinski definition) is 7. The van der Waals surface area contributed by atoms with E-state index < -0.39 is 17.3 Å². The molecule has 0 saturated heterocycles. The van der Waals surface area contributed by atoms with Crippen LogP contribution in [-0.2, 0) is 14.1 Å². The number of rotatable bonds is 4. The van der Waals surface area contributed by atoms with Crippen LogP contribution in [0, 0.1) is 11.3 Å². The van der Waals surface area contributed by atoms with Crippen molar-refractivity contribution in [1.82, 2.24) is 19.3 Å². The molecule has 26 heavy (non-hydrogen) atoms. The van der Waals surface area contributed by atoms with Crippen molar-refractivity contribution in [2.45, 2.75) is 13.0 Å². The third kappa shape index (κ3) is 2.88. The highest BCUT2D eigenvalue weighted by Gasteiger charge is 2.20. The molecule has 3 aromatic rings. The average molecular weight is 352 g/mol. The molecule has 1 aromatic carbocycles. The fourth-order valence-electron chi connectivity index (χ4n) is 2.49. The van der Waals surface area contributed by atoms with Crippen molar-refractivity contribution in [3.05, 3.63) is 62.6 Å². The van der Waals surface area contributed by atoms with Gasteiger partial charge in [-0.15, -0.1) is 0 Å². The second kappa shape index (κ2) is 6.68. The zero-order valence-electron chi connectivity index (χ0n) is 14.4. The molecule has 0 saturated carbocycles. The van der Waals surface area contributed by atoms with Crippen molar-refractivity contribution >= 4 is 5.82 Å². The fraction of sp³-hybridized carbons (Fsp3) is 0.235. The first-order valence-electron chi connectivity index (χ1n) is 7.79.